The first kappa shape index (κ1) is 18.3. The molecule has 2 N–H and O–H groups in total. The third-order valence-electron chi connectivity index (χ3n) is 6.37. The minimum absolute atomic E-state index is 0.00359. The van der Waals surface area contributed by atoms with Gasteiger partial charge in [-0.2, -0.15) is 0 Å². The van der Waals surface area contributed by atoms with Gasteiger partial charge in [-0.25, -0.2) is 13.6 Å². The van der Waals surface area contributed by atoms with E-state index >= 15 is 8.78 Å². The maximum absolute atomic E-state index is 15.7. The normalized spacial score (nSPS) is 21.3. The second kappa shape index (κ2) is 6.38. The highest BCUT2D eigenvalue weighted by Crippen LogP contribution is 2.41. The lowest BCUT2D eigenvalue weighted by Crippen LogP contribution is -2.31. The average molecular weight is 401 g/mol. The summed E-state index contributed by atoms with van der Waals surface area (Å²) in [5.74, 6) is -3.02. The zero-order valence-electron chi connectivity index (χ0n) is 16.0. The van der Waals surface area contributed by atoms with Crippen molar-refractivity contribution in [3.63, 3.8) is 0 Å². The molecule has 8 heteroatoms. The van der Waals surface area contributed by atoms with Crippen LogP contribution in [0.25, 0.3) is 10.9 Å². The number of likely N-dealkylation sites (N-methyl/N-ethyl adjacent to an activating group) is 1. The summed E-state index contributed by atoms with van der Waals surface area (Å²) in [7, 11) is 1.88. The van der Waals surface area contributed by atoms with Crippen LogP contribution in [0, 0.1) is 11.6 Å². The van der Waals surface area contributed by atoms with Gasteiger partial charge < -0.3 is 19.9 Å². The fourth-order valence-corrected chi connectivity index (χ4v) is 4.79. The number of aromatic carboxylic acids is 1. The highest BCUT2D eigenvalue weighted by atomic mass is 19.1. The maximum Gasteiger partial charge on any atom is 0.341 e. The fourth-order valence-electron chi connectivity index (χ4n) is 4.79. The van der Waals surface area contributed by atoms with Gasteiger partial charge in [0.2, 0.25) is 5.43 Å². The Morgan fingerprint density at radius 1 is 1.24 bits per heavy atom. The first-order valence-corrected chi connectivity index (χ1v) is 9.83. The van der Waals surface area contributed by atoms with E-state index in [1.807, 2.05) is 7.05 Å². The van der Waals surface area contributed by atoms with Crippen LogP contribution in [0.15, 0.2) is 28.2 Å². The number of aromatic nitrogens is 1. The van der Waals surface area contributed by atoms with E-state index in [1.54, 1.807) is 4.90 Å². The smallest absolute Gasteiger partial charge is 0.341 e. The molecule has 2 aromatic rings. The number of anilines is 1. The van der Waals surface area contributed by atoms with Gasteiger partial charge in [-0.15, -0.1) is 0 Å². The van der Waals surface area contributed by atoms with Gasteiger partial charge in [-0.05, 0) is 49.9 Å². The third-order valence-corrected chi connectivity index (χ3v) is 6.37. The molecule has 1 aromatic heterocycles. The molecule has 1 atom stereocenters. The van der Waals surface area contributed by atoms with Gasteiger partial charge in [0, 0.05) is 31.4 Å². The van der Waals surface area contributed by atoms with Crippen LogP contribution in [-0.4, -0.2) is 41.8 Å². The van der Waals surface area contributed by atoms with Gasteiger partial charge in [0.1, 0.15) is 17.1 Å². The number of nitrogens with zero attached hydrogens (tertiary/aromatic N) is 2. The van der Waals surface area contributed by atoms with E-state index in [1.165, 1.54) is 21.9 Å². The van der Waals surface area contributed by atoms with E-state index in [4.69, 9.17) is 0 Å². The van der Waals surface area contributed by atoms with Gasteiger partial charge in [0.15, 0.2) is 5.82 Å². The molecule has 1 unspecified atom stereocenters. The van der Waals surface area contributed by atoms with Gasteiger partial charge >= 0.3 is 5.97 Å². The number of rotatable bonds is 4. The molecule has 1 fully saturated rings. The van der Waals surface area contributed by atoms with Crippen LogP contribution >= 0.6 is 0 Å². The van der Waals surface area contributed by atoms with Crippen LogP contribution in [0.3, 0.4) is 0 Å². The van der Waals surface area contributed by atoms with E-state index in [0.717, 1.165) is 31.7 Å². The largest absolute Gasteiger partial charge is 0.477 e. The van der Waals surface area contributed by atoms with Crippen LogP contribution < -0.4 is 15.6 Å². The summed E-state index contributed by atoms with van der Waals surface area (Å²) in [5, 5.41) is 12.4. The van der Waals surface area contributed by atoms with Crippen molar-refractivity contribution >= 4 is 22.6 Å². The van der Waals surface area contributed by atoms with Crippen molar-refractivity contribution in [1.82, 2.24) is 9.88 Å². The summed E-state index contributed by atoms with van der Waals surface area (Å²) in [6, 6.07) is 1.16. The summed E-state index contributed by atoms with van der Waals surface area (Å²) < 4.78 is 32.2. The third kappa shape index (κ3) is 2.69. The molecule has 1 aliphatic heterocycles. The number of carboxylic acid groups (broad SMARTS) is 1. The first-order valence-electron chi connectivity index (χ1n) is 9.83. The molecule has 2 heterocycles. The second-order valence-corrected chi connectivity index (χ2v) is 8.10. The van der Waals surface area contributed by atoms with Gasteiger partial charge in [0.05, 0.1) is 10.9 Å². The Morgan fingerprint density at radius 2 is 2.00 bits per heavy atom. The zero-order valence-corrected chi connectivity index (χ0v) is 16.0. The molecule has 3 aliphatic rings. The topological polar surface area (TPSA) is 74.6 Å². The quantitative estimate of drug-likeness (QED) is 0.771. The summed E-state index contributed by atoms with van der Waals surface area (Å²) in [6.07, 6.45) is 4.65. The van der Waals surface area contributed by atoms with Gasteiger partial charge in [0.25, 0.3) is 0 Å². The lowest BCUT2D eigenvalue weighted by atomic mass is 10.1. The van der Waals surface area contributed by atoms with Crippen molar-refractivity contribution in [2.75, 3.05) is 25.0 Å². The van der Waals surface area contributed by atoms with Gasteiger partial charge in [-0.1, -0.05) is 0 Å². The monoisotopic (exact) mass is 401 g/mol. The van der Waals surface area contributed by atoms with Crippen molar-refractivity contribution < 1.29 is 18.7 Å². The standard InChI is InChI=1S/C21H21F2N3O3/c1-24-16-5-2-10-7-25(8-13(10)16)19-15(22)6-12-18(17(19)23)26(11-3-4-11)9-14(20(12)27)21(28)29/h6,9,11,16,24H,2-5,7-8H2,1H3,(H,28,29). The minimum Gasteiger partial charge on any atom is -0.477 e. The Balaban J connectivity index is 1.67. The lowest BCUT2D eigenvalue weighted by molar-refractivity contribution is 0.0695. The van der Waals surface area contributed by atoms with Crippen molar-refractivity contribution in [2.24, 2.45) is 0 Å². The summed E-state index contributed by atoms with van der Waals surface area (Å²) in [6.45, 7) is 0.911. The van der Waals surface area contributed by atoms with Gasteiger partial charge in [-0.3, -0.25) is 4.79 Å². The average Bonchev–Trinajstić information content (AvgIpc) is 3.33. The predicted molar refractivity (Wildman–Crippen MR) is 105 cm³/mol. The molecular weight excluding hydrogens is 380 g/mol. The molecule has 0 radical (unpaired) electrons. The second-order valence-electron chi connectivity index (χ2n) is 8.10. The lowest BCUT2D eigenvalue weighted by Gasteiger charge is -2.25. The van der Waals surface area contributed by atoms with Crippen LogP contribution in [0.4, 0.5) is 14.5 Å². The number of hydrogen-bond donors (Lipinski definition) is 2. The molecule has 0 bridgehead atoms. The molecule has 152 valence electrons. The number of halogens is 2. The van der Waals surface area contributed by atoms with Crippen molar-refractivity contribution in [1.29, 1.82) is 0 Å². The Morgan fingerprint density at radius 3 is 2.66 bits per heavy atom. The molecule has 0 amide bonds. The molecule has 0 saturated heterocycles. The summed E-state index contributed by atoms with van der Waals surface area (Å²) in [5.41, 5.74) is 0.937. The number of hydrogen-bond acceptors (Lipinski definition) is 4. The first-order chi connectivity index (χ1) is 13.9. The van der Waals surface area contributed by atoms with Crippen molar-refractivity contribution in [3.05, 3.63) is 50.8 Å². The Bertz CT molecular complexity index is 1150. The van der Waals surface area contributed by atoms with Crippen LogP contribution in [-0.2, 0) is 0 Å². The zero-order chi connectivity index (χ0) is 20.4. The highest BCUT2D eigenvalue weighted by molar-refractivity contribution is 5.94. The van der Waals surface area contributed by atoms with Crippen LogP contribution in [0.2, 0.25) is 0 Å². The summed E-state index contributed by atoms with van der Waals surface area (Å²) in [4.78, 5) is 25.7. The molecule has 2 aliphatic carbocycles. The Labute approximate surface area is 165 Å². The molecule has 6 nitrogen and oxygen atoms in total. The van der Waals surface area contributed by atoms with E-state index < -0.39 is 28.6 Å². The number of nitrogens with one attached hydrogen (secondary N) is 1. The molecule has 5 rings (SSSR count). The summed E-state index contributed by atoms with van der Waals surface area (Å²) >= 11 is 0. The SMILES string of the molecule is CNC1CCC2=C1CN(c1c(F)cc3c(=O)c(C(=O)O)cn(C4CC4)c3c1F)C2. The molecule has 29 heavy (non-hydrogen) atoms. The molecule has 1 saturated carbocycles. The highest BCUT2D eigenvalue weighted by Gasteiger charge is 2.36. The number of fused-ring (bicyclic) bond motifs is 1. The van der Waals surface area contributed by atoms with Crippen molar-refractivity contribution in [2.45, 2.75) is 37.8 Å². The number of carbonyl (C=O) groups is 1. The molecule has 1 aromatic carbocycles. The van der Waals surface area contributed by atoms with Crippen LogP contribution in [0.5, 0.6) is 0 Å². The Hall–Kier alpha value is -2.74. The Kier molecular flexibility index (Phi) is 4.03. The number of carboxylic acids is 1. The maximum atomic E-state index is 15.7. The molecule has 0 spiro atoms. The molecular formula is C21H21F2N3O3. The van der Waals surface area contributed by atoms with E-state index in [9.17, 15) is 14.7 Å². The fraction of sp³-hybridized carbons (Fsp3) is 0.429. The number of pyridine rings is 1. The minimum atomic E-state index is -1.39. The van der Waals surface area contributed by atoms with Crippen LogP contribution in [0.1, 0.15) is 42.1 Å². The number of benzene rings is 1. The van der Waals surface area contributed by atoms with Crippen molar-refractivity contribution in [3.8, 4) is 0 Å². The predicted octanol–water partition coefficient (Wildman–Crippen LogP) is 2.81. The van der Waals surface area contributed by atoms with E-state index in [-0.39, 0.29) is 28.7 Å². The van der Waals surface area contributed by atoms with E-state index in [0.29, 0.717) is 13.1 Å². The van der Waals surface area contributed by atoms with E-state index in [2.05, 4.69) is 5.32 Å².